The maximum Gasteiger partial charge on any atom is 0.412 e. The average Bonchev–Trinajstić information content (AvgIpc) is 3.11. The van der Waals surface area contributed by atoms with Crippen LogP contribution >= 0.6 is 11.6 Å². The van der Waals surface area contributed by atoms with Gasteiger partial charge in [0.25, 0.3) is 5.91 Å². The molecule has 0 saturated carbocycles. The van der Waals surface area contributed by atoms with Gasteiger partial charge in [0.05, 0.1) is 11.1 Å². The molecule has 0 radical (unpaired) electrons. The maximum absolute atomic E-state index is 13.9. The molecule has 0 aliphatic carbocycles. The number of halogens is 2. The molecule has 3 N–H and O–H groups in total. The minimum absolute atomic E-state index is 0.0734. The van der Waals surface area contributed by atoms with Crippen molar-refractivity contribution in [3.8, 4) is 0 Å². The zero-order valence-corrected chi connectivity index (χ0v) is 26.5. The lowest BCUT2D eigenvalue weighted by molar-refractivity contribution is 0.0910. The summed E-state index contributed by atoms with van der Waals surface area (Å²) >= 11 is 6.03. The van der Waals surface area contributed by atoms with E-state index < -0.39 is 29.9 Å². The molecule has 0 unspecified atom stereocenters. The van der Waals surface area contributed by atoms with Gasteiger partial charge in [-0.25, -0.2) is 19.0 Å². The molecule has 4 amide bonds. The normalized spacial score (nSPS) is 11.3. The summed E-state index contributed by atoms with van der Waals surface area (Å²) in [6.07, 6.45) is 0.802. The van der Waals surface area contributed by atoms with E-state index in [2.05, 4.69) is 20.9 Å². The molecule has 5 aromatic rings. The molecule has 48 heavy (non-hydrogen) atoms. The number of likely N-dealkylation sites (N-methyl/N-ethyl adjacent to an activating group) is 1. The zero-order valence-electron chi connectivity index (χ0n) is 25.8. The molecule has 1 atom stereocenters. The first kappa shape index (κ1) is 33.6. The van der Waals surface area contributed by atoms with Crippen LogP contribution in [0.1, 0.15) is 31.8 Å². The third kappa shape index (κ3) is 8.51. The Morgan fingerprint density at radius 2 is 1.52 bits per heavy atom. The highest BCUT2D eigenvalue weighted by Gasteiger charge is 2.24. The maximum atomic E-state index is 13.9. The number of benzene rings is 4. The molecular formula is C36H31ClFN5O5. The van der Waals surface area contributed by atoms with Crippen LogP contribution in [0.3, 0.4) is 0 Å². The summed E-state index contributed by atoms with van der Waals surface area (Å²) in [5, 5.41) is 9.65. The molecule has 10 nitrogen and oxygen atoms in total. The first-order valence-corrected chi connectivity index (χ1v) is 15.3. The van der Waals surface area contributed by atoms with E-state index >= 15 is 0 Å². The van der Waals surface area contributed by atoms with Gasteiger partial charge in [0, 0.05) is 48.4 Å². The number of hydrogen-bond acceptors (Lipinski definition) is 6. The monoisotopic (exact) mass is 667 g/mol. The number of aromatic nitrogens is 1. The molecule has 0 fully saturated rings. The summed E-state index contributed by atoms with van der Waals surface area (Å²) in [7, 11) is 1.46. The van der Waals surface area contributed by atoms with Crippen LogP contribution in [0.5, 0.6) is 0 Å². The van der Waals surface area contributed by atoms with Crippen LogP contribution in [0.4, 0.5) is 19.8 Å². The van der Waals surface area contributed by atoms with Crippen LogP contribution < -0.4 is 16.0 Å². The van der Waals surface area contributed by atoms with Crippen molar-refractivity contribution in [2.45, 2.75) is 12.6 Å². The number of ether oxygens (including phenoxy) is 1. The topological polar surface area (TPSA) is 130 Å². The predicted molar refractivity (Wildman–Crippen MR) is 181 cm³/mol. The number of nitrogens with one attached hydrogen (secondary N) is 3. The van der Waals surface area contributed by atoms with E-state index in [9.17, 15) is 23.6 Å². The van der Waals surface area contributed by atoms with Gasteiger partial charge in [-0.15, -0.1) is 0 Å². The fraction of sp³-hybridized carbons (Fsp3) is 0.139. The van der Waals surface area contributed by atoms with Gasteiger partial charge in [0.15, 0.2) is 5.78 Å². The van der Waals surface area contributed by atoms with Crippen LogP contribution in [-0.4, -0.2) is 59.9 Å². The molecule has 12 heteroatoms. The Morgan fingerprint density at radius 1 is 0.833 bits per heavy atom. The number of fused-ring (bicyclic) bond motifs is 1. The van der Waals surface area contributed by atoms with E-state index in [-0.39, 0.29) is 41.9 Å². The van der Waals surface area contributed by atoms with Crippen LogP contribution in [-0.2, 0) is 11.3 Å². The number of anilines is 1. The quantitative estimate of drug-likeness (QED) is 0.139. The first-order valence-electron chi connectivity index (χ1n) is 14.9. The highest BCUT2D eigenvalue weighted by Crippen LogP contribution is 2.20. The Labute approximate surface area is 280 Å². The number of ketones is 1. The molecule has 244 valence electrons. The second-order valence-electron chi connectivity index (χ2n) is 10.8. The number of nitrogens with zero attached hydrogens (tertiary/aromatic N) is 2. The van der Waals surface area contributed by atoms with E-state index in [1.54, 1.807) is 66.9 Å². The molecule has 4 aromatic carbocycles. The molecule has 0 aliphatic heterocycles. The van der Waals surface area contributed by atoms with E-state index in [0.717, 1.165) is 10.8 Å². The van der Waals surface area contributed by atoms with Crippen LogP contribution in [0.15, 0.2) is 109 Å². The minimum atomic E-state index is -0.846. The van der Waals surface area contributed by atoms with Crippen LogP contribution in [0, 0.1) is 5.82 Å². The Morgan fingerprint density at radius 3 is 2.31 bits per heavy atom. The van der Waals surface area contributed by atoms with E-state index in [1.807, 2.05) is 24.3 Å². The molecule has 1 heterocycles. The summed E-state index contributed by atoms with van der Waals surface area (Å²) < 4.78 is 19.3. The van der Waals surface area contributed by atoms with Gasteiger partial charge in [-0.3, -0.25) is 14.9 Å². The van der Waals surface area contributed by atoms with E-state index in [0.29, 0.717) is 16.7 Å². The molecule has 1 aromatic heterocycles. The number of hydrogen-bond donors (Lipinski definition) is 3. The van der Waals surface area contributed by atoms with Crippen molar-refractivity contribution in [2.75, 3.05) is 25.5 Å². The third-order valence-corrected chi connectivity index (χ3v) is 7.94. The lowest BCUT2D eigenvalue weighted by Gasteiger charge is -2.28. The molecule has 0 saturated heterocycles. The Balaban J connectivity index is 1.26. The van der Waals surface area contributed by atoms with Gasteiger partial charge in [-0.05, 0) is 35.2 Å². The van der Waals surface area contributed by atoms with Gasteiger partial charge < -0.3 is 20.3 Å². The minimum Gasteiger partial charge on any atom is -0.447 e. The summed E-state index contributed by atoms with van der Waals surface area (Å²) in [5.41, 5.74) is 1.41. The number of urea groups is 1. The summed E-state index contributed by atoms with van der Waals surface area (Å²) in [6.45, 7) is -0.505. The number of carbonyl (C=O) groups excluding carboxylic acids is 4. The fourth-order valence-corrected chi connectivity index (χ4v) is 4.98. The van der Waals surface area contributed by atoms with Crippen molar-refractivity contribution in [3.63, 3.8) is 0 Å². The van der Waals surface area contributed by atoms with E-state index in [4.69, 9.17) is 16.3 Å². The number of rotatable bonds is 11. The lowest BCUT2D eigenvalue weighted by Crippen LogP contribution is -2.51. The summed E-state index contributed by atoms with van der Waals surface area (Å²) in [5.74, 6) is -1.09. The average molecular weight is 668 g/mol. The highest BCUT2D eigenvalue weighted by atomic mass is 35.5. The van der Waals surface area contributed by atoms with Crippen LogP contribution in [0.25, 0.3) is 10.8 Å². The van der Waals surface area contributed by atoms with Crippen molar-refractivity contribution in [1.82, 2.24) is 20.5 Å². The fourth-order valence-electron chi connectivity index (χ4n) is 4.79. The second kappa shape index (κ2) is 15.7. The highest BCUT2D eigenvalue weighted by molar-refractivity contribution is 6.31. The smallest absolute Gasteiger partial charge is 0.412 e. The van der Waals surface area contributed by atoms with E-state index in [1.165, 1.54) is 30.1 Å². The lowest BCUT2D eigenvalue weighted by atomic mass is 10.0. The number of pyridine rings is 1. The van der Waals surface area contributed by atoms with Crippen molar-refractivity contribution in [2.24, 2.45) is 0 Å². The molecule has 5 rings (SSSR count). The number of amides is 4. The molecular weight excluding hydrogens is 637 g/mol. The number of carbonyl (C=O) groups is 4. The molecule has 0 bridgehead atoms. The van der Waals surface area contributed by atoms with Crippen LogP contribution in [0.2, 0.25) is 5.02 Å². The molecule has 0 spiro atoms. The predicted octanol–water partition coefficient (Wildman–Crippen LogP) is 6.45. The van der Waals surface area contributed by atoms with Crippen molar-refractivity contribution in [1.29, 1.82) is 0 Å². The Bertz CT molecular complexity index is 1960. The summed E-state index contributed by atoms with van der Waals surface area (Å²) in [6, 6.07) is 27.0. The standard InChI is InChI=1S/C36H31ClFN5O5/c1-43(35(46)41-20-28-15-8-16-30(38)32(28)37)29(22-48-36(47)42-31-18-24-11-5-6-12-27(24)19-39-31)21-40-34(45)26-14-7-13-25(17-26)33(44)23-9-3-2-4-10-23/h2-19,29H,20-22H2,1H3,(H,40,45)(H,41,46)(H,39,42,47)/t29-/m0/s1. The summed E-state index contributed by atoms with van der Waals surface area (Å²) in [4.78, 5) is 57.5. The molecule has 0 aliphatic rings. The van der Waals surface area contributed by atoms with Gasteiger partial charge in [-0.1, -0.05) is 90.5 Å². The van der Waals surface area contributed by atoms with Gasteiger partial charge in [-0.2, -0.15) is 0 Å². The Kier molecular flexibility index (Phi) is 10.9. The van der Waals surface area contributed by atoms with Crippen molar-refractivity contribution >= 4 is 52.0 Å². The second-order valence-corrected chi connectivity index (χ2v) is 11.1. The van der Waals surface area contributed by atoms with Crippen molar-refractivity contribution < 1.29 is 28.3 Å². The van der Waals surface area contributed by atoms with Gasteiger partial charge >= 0.3 is 12.1 Å². The first-order chi connectivity index (χ1) is 23.2. The Hall–Kier alpha value is -5.81. The largest absolute Gasteiger partial charge is 0.447 e. The van der Waals surface area contributed by atoms with Gasteiger partial charge in [0.2, 0.25) is 0 Å². The zero-order chi connectivity index (χ0) is 34.0. The SMILES string of the molecule is CN(C(=O)NCc1cccc(F)c1Cl)[C@@H](CNC(=O)c1cccc(C(=O)c2ccccc2)c1)COC(=O)Nc1cc2ccccc2cn1. The van der Waals surface area contributed by atoms with Gasteiger partial charge in [0.1, 0.15) is 18.2 Å². The van der Waals surface area contributed by atoms with Crippen molar-refractivity contribution in [3.05, 3.63) is 142 Å². The third-order valence-electron chi connectivity index (χ3n) is 7.52.